The Morgan fingerprint density at radius 2 is 1.90 bits per heavy atom. The number of guanidine groups is 1. The van der Waals surface area contributed by atoms with Gasteiger partial charge in [0.05, 0.1) is 6.54 Å². The van der Waals surface area contributed by atoms with E-state index in [4.69, 9.17) is 4.99 Å². The molecule has 3 rings (SSSR count). The van der Waals surface area contributed by atoms with Gasteiger partial charge in [0.2, 0.25) is 5.91 Å². The maximum Gasteiger partial charge on any atom is 0.225 e. The number of nitrogens with one attached hydrogen (secondary N) is 3. The molecule has 3 N–H and O–H groups in total. The topological polar surface area (TPSA) is 68.8 Å². The highest BCUT2D eigenvalue weighted by Crippen LogP contribution is 2.31. The van der Waals surface area contributed by atoms with Crippen molar-refractivity contribution < 1.29 is 4.79 Å². The van der Waals surface area contributed by atoms with Crippen LogP contribution in [0.25, 0.3) is 0 Å². The number of likely N-dealkylation sites (tertiary alicyclic amines) is 1. The molecule has 1 aromatic carbocycles. The first-order chi connectivity index (χ1) is 14.6. The second-order valence-corrected chi connectivity index (χ2v) is 8.90. The van der Waals surface area contributed by atoms with Gasteiger partial charge >= 0.3 is 0 Å². The maximum atomic E-state index is 12.1. The highest BCUT2D eigenvalue weighted by Gasteiger charge is 2.25. The van der Waals surface area contributed by atoms with Gasteiger partial charge in [-0.3, -0.25) is 14.7 Å². The Kier molecular flexibility index (Phi) is 8.55. The smallest absolute Gasteiger partial charge is 0.225 e. The predicted molar refractivity (Wildman–Crippen MR) is 125 cm³/mol. The molecule has 1 amide bonds. The van der Waals surface area contributed by atoms with Gasteiger partial charge in [-0.1, -0.05) is 44.9 Å². The summed E-state index contributed by atoms with van der Waals surface area (Å²) in [5, 5.41) is 9.87. The molecule has 2 heterocycles. The lowest BCUT2D eigenvalue weighted by Gasteiger charge is -2.32. The van der Waals surface area contributed by atoms with Crippen LogP contribution in [0.3, 0.4) is 0 Å². The zero-order chi connectivity index (χ0) is 21.3. The summed E-state index contributed by atoms with van der Waals surface area (Å²) < 4.78 is 0. The summed E-state index contributed by atoms with van der Waals surface area (Å²) in [5.41, 5.74) is 2.13. The van der Waals surface area contributed by atoms with Crippen LogP contribution in [0.4, 0.5) is 5.69 Å². The zero-order valence-corrected chi connectivity index (χ0v) is 18.9. The number of carbonyl (C=O) groups excluding carboxylic acids is 1. The van der Waals surface area contributed by atoms with E-state index in [1.54, 1.807) is 0 Å². The van der Waals surface area contributed by atoms with Crippen LogP contribution >= 0.6 is 0 Å². The Hall–Kier alpha value is -2.08. The van der Waals surface area contributed by atoms with E-state index in [0.717, 1.165) is 24.7 Å². The van der Waals surface area contributed by atoms with Crippen LogP contribution in [-0.4, -0.2) is 55.5 Å². The Morgan fingerprint density at radius 3 is 2.60 bits per heavy atom. The van der Waals surface area contributed by atoms with E-state index in [1.165, 1.54) is 44.3 Å². The summed E-state index contributed by atoms with van der Waals surface area (Å²) in [5.74, 6) is 1.67. The van der Waals surface area contributed by atoms with Crippen molar-refractivity contribution in [2.24, 2.45) is 10.9 Å². The number of anilines is 1. The fraction of sp³-hybridized carbons (Fsp3) is 0.667. The molecule has 0 saturated carbocycles. The van der Waals surface area contributed by atoms with E-state index in [0.29, 0.717) is 24.9 Å². The van der Waals surface area contributed by atoms with Crippen LogP contribution in [0.5, 0.6) is 0 Å². The summed E-state index contributed by atoms with van der Waals surface area (Å²) in [6, 6.07) is 8.57. The fourth-order valence-electron chi connectivity index (χ4n) is 4.61. The lowest BCUT2D eigenvalue weighted by atomic mass is 9.90. The summed E-state index contributed by atoms with van der Waals surface area (Å²) in [6.45, 7) is 11.4. The summed E-state index contributed by atoms with van der Waals surface area (Å²) >= 11 is 0. The summed E-state index contributed by atoms with van der Waals surface area (Å²) in [6.07, 6.45) is 5.81. The number of rotatable bonds is 7. The Morgan fingerprint density at radius 1 is 1.17 bits per heavy atom. The molecular weight excluding hydrogens is 374 g/mol. The first-order valence-electron chi connectivity index (χ1n) is 11.7. The van der Waals surface area contributed by atoms with Crippen LogP contribution in [-0.2, 0) is 4.79 Å². The number of aliphatic imine (C=N–C) groups is 1. The maximum absolute atomic E-state index is 12.1. The van der Waals surface area contributed by atoms with E-state index in [9.17, 15) is 4.79 Å². The van der Waals surface area contributed by atoms with Crippen molar-refractivity contribution >= 4 is 17.6 Å². The Labute approximate surface area is 181 Å². The molecule has 1 fully saturated rings. The molecule has 1 saturated heterocycles. The highest BCUT2D eigenvalue weighted by molar-refractivity contribution is 5.94. The minimum Gasteiger partial charge on any atom is -0.357 e. The third kappa shape index (κ3) is 6.21. The first-order valence-corrected chi connectivity index (χ1v) is 11.7. The van der Waals surface area contributed by atoms with Gasteiger partial charge < -0.3 is 16.0 Å². The van der Waals surface area contributed by atoms with Gasteiger partial charge in [-0.25, -0.2) is 0 Å². The minimum atomic E-state index is 0.0866. The molecular formula is C24H39N5O. The molecule has 2 aliphatic rings. The van der Waals surface area contributed by atoms with E-state index >= 15 is 0 Å². The lowest BCUT2D eigenvalue weighted by molar-refractivity contribution is -0.116. The zero-order valence-electron chi connectivity index (χ0n) is 18.9. The van der Waals surface area contributed by atoms with Crippen molar-refractivity contribution in [3.63, 3.8) is 0 Å². The Balaban J connectivity index is 1.64. The number of hydrogen-bond donors (Lipinski definition) is 3. The largest absolute Gasteiger partial charge is 0.357 e. The Bertz CT molecular complexity index is 709. The predicted octanol–water partition coefficient (Wildman–Crippen LogP) is 3.57. The van der Waals surface area contributed by atoms with Gasteiger partial charge in [-0.2, -0.15) is 0 Å². The number of amides is 1. The molecule has 6 nitrogen and oxygen atoms in total. The van der Waals surface area contributed by atoms with Crippen molar-refractivity contribution in [1.29, 1.82) is 0 Å². The van der Waals surface area contributed by atoms with Gasteiger partial charge in [0.1, 0.15) is 0 Å². The van der Waals surface area contributed by atoms with Gasteiger partial charge in [0, 0.05) is 37.2 Å². The molecule has 6 heteroatoms. The number of carbonyl (C=O) groups is 1. The van der Waals surface area contributed by atoms with Gasteiger partial charge in [-0.15, -0.1) is 0 Å². The quantitative estimate of drug-likeness (QED) is 0.472. The number of fused-ring (bicyclic) bond motifs is 1. The van der Waals surface area contributed by atoms with E-state index in [2.05, 4.69) is 47.7 Å². The van der Waals surface area contributed by atoms with Gasteiger partial charge in [-0.05, 0) is 50.4 Å². The number of benzene rings is 1. The third-order valence-electron chi connectivity index (χ3n) is 6.28. The minimum absolute atomic E-state index is 0.0866. The molecule has 1 aromatic rings. The van der Waals surface area contributed by atoms with Crippen LogP contribution in [0.2, 0.25) is 0 Å². The standard InChI is InChI=1S/C24H39N5O/c1-4-25-24(27-17-22(18(2)3)29-13-9-5-6-10-14-29)26-16-19-15-23(30)28-21-12-8-7-11-20(19)21/h7-8,11-12,18-19,22H,4-6,9-10,13-17H2,1-3H3,(H,28,30)(H2,25,26,27). The van der Waals surface area contributed by atoms with E-state index in [-0.39, 0.29) is 11.8 Å². The van der Waals surface area contributed by atoms with Crippen molar-refractivity contribution in [2.45, 2.75) is 64.8 Å². The second-order valence-electron chi connectivity index (χ2n) is 8.90. The van der Waals surface area contributed by atoms with Gasteiger partial charge in [0.25, 0.3) is 0 Å². The highest BCUT2D eigenvalue weighted by atomic mass is 16.1. The third-order valence-corrected chi connectivity index (χ3v) is 6.28. The normalized spacial score (nSPS) is 21.5. The first kappa shape index (κ1) is 22.6. The van der Waals surface area contributed by atoms with Crippen LogP contribution < -0.4 is 16.0 Å². The van der Waals surface area contributed by atoms with E-state index in [1.807, 2.05) is 18.2 Å². The average Bonchev–Trinajstić information content (AvgIpc) is 3.01. The van der Waals surface area contributed by atoms with E-state index < -0.39 is 0 Å². The van der Waals surface area contributed by atoms with Crippen molar-refractivity contribution in [1.82, 2.24) is 15.5 Å². The average molecular weight is 414 g/mol. The molecule has 0 bridgehead atoms. The SMILES string of the molecule is CCNC(=NCC(C(C)C)N1CCCCCC1)NCC1CC(=O)Nc2ccccc21. The molecule has 0 radical (unpaired) electrons. The number of para-hydroxylation sites is 1. The fourth-order valence-corrected chi connectivity index (χ4v) is 4.61. The molecule has 30 heavy (non-hydrogen) atoms. The number of hydrogen-bond acceptors (Lipinski definition) is 3. The molecule has 166 valence electrons. The summed E-state index contributed by atoms with van der Waals surface area (Å²) in [7, 11) is 0. The van der Waals surface area contributed by atoms with Gasteiger partial charge in [0.15, 0.2) is 5.96 Å². The van der Waals surface area contributed by atoms with Crippen LogP contribution in [0, 0.1) is 5.92 Å². The molecule has 0 aliphatic carbocycles. The van der Waals surface area contributed by atoms with Crippen molar-refractivity contribution in [2.75, 3.05) is 38.0 Å². The molecule has 2 unspecified atom stereocenters. The van der Waals surface area contributed by atoms with Crippen LogP contribution in [0.15, 0.2) is 29.3 Å². The monoisotopic (exact) mass is 413 g/mol. The number of nitrogens with zero attached hydrogens (tertiary/aromatic N) is 2. The van der Waals surface area contributed by atoms with Crippen molar-refractivity contribution in [3.05, 3.63) is 29.8 Å². The molecule has 0 spiro atoms. The summed E-state index contributed by atoms with van der Waals surface area (Å²) in [4.78, 5) is 19.7. The molecule has 0 aromatic heterocycles. The lowest BCUT2D eigenvalue weighted by Crippen LogP contribution is -2.44. The van der Waals surface area contributed by atoms with Crippen LogP contribution in [0.1, 0.15) is 64.4 Å². The molecule has 2 aliphatic heterocycles. The molecule has 2 atom stereocenters. The van der Waals surface area contributed by atoms with Crippen molar-refractivity contribution in [3.8, 4) is 0 Å². The second kappa shape index (κ2) is 11.3.